The first kappa shape index (κ1) is 62.1. The predicted octanol–water partition coefficient (Wildman–Crippen LogP) is 13.3. The van der Waals surface area contributed by atoms with Crippen molar-refractivity contribution < 1.29 is 47.6 Å². The number of nitrogens with one attached hydrogen (secondary N) is 4. The molecule has 4 amide bonds. The number of hydrogen-bond acceptors (Lipinski definition) is 16. The lowest BCUT2D eigenvalue weighted by Crippen LogP contribution is -2.36. The highest BCUT2D eigenvalue weighted by Crippen LogP contribution is 2.30. The lowest BCUT2D eigenvalue weighted by molar-refractivity contribution is 0.0923. The third-order valence-corrected chi connectivity index (χ3v) is 12.9. The lowest BCUT2D eigenvalue weighted by atomic mass is 9.95. The van der Waals surface area contributed by atoms with E-state index in [9.17, 15) is 19.2 Å². The van der Waals surface area contributed by atoms with Crippen LogP contribution in [-0.4, -0.2) is 79.2 Å². The molecule has 0 spiro atoms. The number of aromatic nitrogens is 6. The summed E-state index contributed by atoms with van der Waals surface area (Å²) >= 11 is 0. The van der Waals surface area contributed by atoms with Gasteiger partial charge in [-0.15, -0.1) is 29.9 Å². The highest BCUT2D eigenvalue weighted by atomic mass is 16.5. The number of carbonyl (C=O) groups excluding carboxylic acids is 4. The molecule has 1 saturated carbocycles. The molecule has 20 heteroatoms. The van der Waals surface area contributed by atoms with Crippen molar-refractivity contribution in [3.8, 4) is 70.6 Å². The topological polar surface area (TPSA) is 249 Å². The summed E-state index contributed by atoms with van der Waals surface area (Å²) in [4.78, 5) is 75.7. The fourth-order valence-electron chi connectivity index (χ4n) is 8.17. The zero-order chi connectivity index (χ0) is 61.0. The van der Waals surface area contributed by atoms with Crippen molar-refractivity contribution in [3.63, 3.8) is 0 Å². The Balaban J connectivity index is 0.000000229. The summed E-state index contributed by atoms with van der Waals surface area (Å²) in [7, 11) is 0. The predicted molar refractivity (Wildman–Crippen MR) is 324 cm³/mol. The fraction of sp³-hybridized carbons (Fsp3) is 0.303. The van der Waals surface area contributed by atoms with Crippen molar-refractivity contribution in [1.29, 1.82) is 0 Å². The number of carbonyl (C=O) groups is 4. The Morgan fingerprint density at radius 2 is 0.570 bits per heavy atom. The molecule has 0 atom stereocenters. The van der Waals surface area contributed by atoms with E-state index in [4.69, 9.17) is 28.4 Å². The minimum absolute atomic E-state index is 0.00336. The molecule has 8 aromatic rings. The van der Waals surface area contributed by atoms with Crippen LogP contribution in [0.25, 0.3) is 0 Å². The average Bonchev–Trinajstić information content (AvgIpc) is 3.70. The lowest BCUT2D eigenvalue weighted by Gasteiger charge is -2.22. The molecule has 0 bridgehead atoms. The number of rotatable bonds is 23. The normalized spacial score (nSPS) is 12.1. The second kappa shape index (κ2) is 30.5. The van der Waals surface area contributed by atoms with Gasteiger partial charge in [-0.25, -0.2) is 0 Å². The summed E-state index contributed by atoms with van der Waals surface area (Å²) in [5.41, 5.74) is 4.23. The SMILES string of the molecule is CC(C)CNC(=O)c1ccc(Oc2nc(Oc3ccc(C(=O)NCC(C)C)cc3)nc(Oc3ccc(C(=O)NCC(C)C)cc3)n2)cc1.Cc1ccc(Oc2nc(Oc3ccc(C)cc3)nc(Oc3ccc(C(=O)NC4CCCCC4)cc3)n2)cc1. The van der Waals surface area contributed by atoms with Gasteiger partial charge in [0.2, 0.25) is 0 Å². The summed E-state index contributed by atoms with van der Waals surface area (Å²) < 4.78 is 35.3. The number of benzene rings is 6. The van der Waals surface area contributed by atoms with Crippen LogP contribution in [0.4, 0.5) is 0 Å². The second-order valence-electron chi connectivity index (χ2n) is 21.8. The van der Waals surface area contributed by atoms with Crippen LogP contribution in [0, 0.1) is 31.6 Å². The monoisotopic (exact) mass is 1160 g/mol. The van der Waals surface area contributed by atoms with Gasteiger partial charge < -0.3 is 49.7 Å². The molecule has 2 heterocycles. The fourth-order valence-corrected chi connectivity index (χ4v) is 8.17. The van der Waals surface area contributed by atoms with Gasteiger partial charge in [-0.1, -0.05) is 96.2 Å². The van der Waals surface area contributed by atoms with Crippen LogP contribution >= 0.6 is 0 Å². The van der Waals surface area contributed by atoms with Crippen LogP contribution in [0.3, 0.4) is 0 Å². The first-order valence-electron chi connectivity index (χ1n) is 28.7. The molecule has 20 nitrogen and oxygen atoms in total. The van der Waals surface area contributed by atoms with E-state index >= 15 is 0 Å². The Kier molecular flexibility index (Phi) is 22.0. The summed E-state index contributed by atoms with van der Waals surface area (Å²) in [6.45, 7) is 17.8. The molecule has 86 heavy (non-hydrogen) atoms. The van der Waals surface area contributed by atoms with Crippen molar-refractivity contribution in [2.75, 3.05) is 19.6 Å². The molecule has 9 rings (SSSR count). The summed E-state index contributed by atoms with van der Waals surface area (Å²) in [6.07, 6.45) is 5.63. The Bertz CT molecular complexity index is 3230. The minimum Gasteiger partial charge on any atom is -0.424 e. The van der Waals surface area contributed by atoms with Gasteiger partial charge >= 0.3 is 36.1 Å². The second-order valence-corrected chi connectivity index (χ2v) is 21.8. The standard InChI is InChI=1S/C36H42N6O6.C30H30N4O4/c1-22(2)19-37-31(43)25-7-13-28(14-8-25)46-34-40-35(47-29-15-9-26(10-16-29)32(44)38-20-23(3)4)42-36(41-34)48-30-17-11-27(12-18-30)33(45)39-21-24(5)6;1-20-8-14-24(15-9-20)36-28-32-29(37-25-16-10-21(2)11-17-25)34-30(33-28)38-26-18-12-22(13-19-26)27(35)31-23-6-4-3-5-7-23/h7-18,22-24H,19-21H2,1-6H3,(H,37,43)(H,38,44)(H,39,45);8-19,23H,3-7H2,1-2H3,(H,31,35). The Labute approximate surface area is 500 Å². The molecule has 4 N–H and O–H groups in total. The summed E-state index contributed by atoms with van der Waals surface area (Å²) in [5, 5.41) is 11.8. The van der Waals surface area contributed by atoms with Crippen LogP contribution in [-0.2, 0) is 0 Å². The van der Waals surface area contributed by atoms with E-state index in [1.165, 1.54) is 6.42 Å². The van der Waals surface area contributed by atoms with Gasteiger partial charge in [0.1, 0.15) is 34.5 Å². The van der Waals surface area contributed by atoms with Gasteiger partial charge in [0.05, 0.1) is 0 Å². The maximum absolute atomic E-state index is 12.6. The first-order chi connectivity index (χ1) is 41.4. The maximum Gasteiger partial charge on any atom is 0.331 e. The zero-order valence-corrected chi connectivity index (χ0v) is 49.6. The van der Waals surface area contributed by atoms with Gasteiger partial charge in [-0.2, -0.15) is 0 Å². The largest absolute Gasteiger partial charge is 0.424 e. The average molecular weight is 1170 g/mol. The van der Waals surface area contributed by atoms with E-state index in [2.05, 4.69) is 51.2 Å². The summed E-state index contributed by atoms with van der Waals surface area (Å²) in [5.74, 6) is 3.05. The van der Waals surface area contributed by atoms with Crippen molar-refractivity contribution in [1.82, 2.24) is 51.2 Å². The summed E-state index contributed by atoms with van der Waals surface area (Å²) in [6, 6.07) is 41.5. The van der Waals surface area contributed by atoms with Crippen molar-refractivity contribution >= 4 is 23.6 Å². The highest BCUT2D eigenvalue weighted by Gasteiger charge is 2.20. The third-order valence-electron chi connectivity index (χ3n) is 12.9. The number of ether oxygens (including phenoxy) is 6. The van der Waals surface area contributed by atoms with Crippen molar-refractivity contribution in [3.05, 3.63) is 179 Å². The van der Waals surface area contributed by atoms with E-state index in [0.29, 0.717) is 94.1 Å². The smallest absolute Gasteiger partial charge is 0.331 e. The Morgan fingerprint density at radius 3 is 0.802 bits per heavy atom. The maximum atomic E-state index is 12.6. The molecule has 0 unspecified atom stereocenters. The van der Waals surface area contributed by atoms with E-state index in [1.807, 2.05) is 104 Å². The van der Waals surface area contributed by atoms with Crippen LogP contribution in [0.15, 0.2) is 146 Å². The van der Waals surface area contributed by atoms with Gasteiger partial charge in [-0.3, -0.25) is 19.2 Å². The molecule has 1 aliphatic carbocycles. The van der Waals surface area contributed by atoms with E-state index in [-0.39, 0.29) is 65.7 Å². The molecule has 2 aromatic heterocycles. The quantitative estimate of drug-likeness (QED) is 0.0465. The number of hydrogen-bond donors (Lipinski definition) is 4. The van der Waals surface area contributed by atoms with E-state index in [1.54, 1.807) is 97.1 Å². The molecule has 1 aliphatic rings. The highest BCUT2D eigenvalue weighted by molar-refractivity contribution is 5.96. The number of nitrogens with zero attached hydrogens (tertiary/aromatic N) is 6. The van der Waals surface area contributed by atoms with Gasteiger partial charge in [0, 0.05) is 47.9 Å². The van der Waals surface area contributed by atoms with E-state index < -0.39 is 0 Å². The molecule has 1 fully saturated rings. The Morgan fingerprint density at radius 1 is 0.349 bits per heavy atom. The van der Waals surface area contributed by atoms with Gasteiger partial charge in [0.15, 0.2) is 0 Å². The van der Waals surface area contributed by atoms with Crippen molar-refractivity contribution in [2.24, 2.45) is 17.8 Å². The van der Waals surface area contributed by atoms with Crippen LogP contribution in [0.5, 0.6) is 70.6 Å². The van der Waals surface area contributed by atoms with Gasteiger partial charge in [0.25, 0.3) is 23.6 Å². The minimum atomic E-state index is -0.186. The Hall–Kier alpha value is -9.98. The molecular formula is C66H72N10O10. The molecule has 0 aliphatic heterocycles. The molecule has 0 radical (unpaired) electrons. The number of aryl methyl sites for hydroxylation is 2. The first-order valence-corrected chi connectivity index (χ1v) is 28.7. The molecule has 446 valence electrons. The number of amides is 4. The zero-order valence-electron chi connectivity index (χ0n) is 49.6. The van der Waals surface area contributed by atoms with Crippen molar-refractivity contribution in [2.45, 2.75) is 93.5 Å². The van der Waals surface area contributed by atoms with Crippen LogP contribution < -0.4 is 49.7 Å². The molecular weight excluding hydrogens is 1090 g/mol. The van der Waals surface area contributed by atoms with Crippen LogP contribution in [0.2, 0.25) is 0 Å². The molecule has 0 saturated heterocycles. The molecule has 6 aromatic carbocycles. The van der Waals surface area contributed by atoms with E-state index in [0.717, 1.165) is 36.8 Å². The third kappa shape index (κ3) is 19.8. The van der Waals surface area contributed by atoms with Gasteiger partial charge in [-0.05, 0) is 166 Å². The van der Waals surface area contributed by atoms with Crippen LogP contribution in [0.1, 0.15) is 126 Å².